The average molecular weight is 479 g/mol. The van der Waals surface area contributed by atoms with E-state index in [1.165, 1.54) is 11.3 Å². The summed E-state index contributed by atoms with van der Waals surface area (Å²) in [6, 6.07) is 9.49. The second-order valence-electron chi connectivity index (χ2n) is 9.05. The summed E-state index contributed by atoms with van der Waals surface area (Å²) in [6.45, 7) is 2.48. The second kappa shape index (κ2) is 10.8. The summed E-state index contributed by atoms with van der Waals surface area (Å²) < 4.78 is 0. The van der Waals surface area contributed by atoms with Gasteiger partial charge in [0.1, 0.15) is 10.6 Å². The molecule has 178 valence electrons. The van der Waals surface area contributed by atoms with Gasteiger partial charge in [0, 0.05) is 44.6 Å². The third-order valence-electron chi connectivity index (χ3n) is 6.18. The van der Waals surface area contributed by atoms with Crippen LogP contribution >= 0.6 is 11.3 Å². The molecule has 4 rings (SSSR count). The minimum absolute atomic E-state index is 0.0939. The highest BCUT2D eigenvalue weighted by Gasteiger charge is 2.27. The van der Waals surface area contributed by atoms with Crippen LogP contribution in [0.5, 0.6) is 0 Å². The van der Waals surface area contributed by atoms with Crippen LogP contribution in [0.15, 0.2) is 34.6 Å². The quantitative estimate of drug-likeness (QED) is 0.447. The van der Waals surface area contributed by atoms with Gasteiger partial charge >= 0.3 is 0 Å². The first kappa shape index (κ1) is 23.9. The van der Waals surface area contributed by atoms with Gasteiger partial charge in [0.25, 0.3) is 11.8 Å². The minimum atomic E-state index is -0.235. The molecule has 2 aliphatic rings. The lowest BCUT2D eigenvalue weighted by Crippen LogP contribution is -2.41. The van der Waals surface area contributed by atoms with Gasteiger partial charge in [-0.1, -0.05) is 18.2 Å². The molecule has 2 amide bonds. The summed E-state index contributed by atoms with van der Waals surface area (Å²) in [5.74, 6) is 0.112. The zero-order chi connectivity index (χ0) is 24.1. The number of nitrogens with one attached hydrogen (secondary N) is 1. The fraction of sp³-hybridized carbons (Fsp3) is 0.440. The first-order valence-electron chi connectivity index (χ1n) is 11.6. The Labute approximate surface area is 204 Å². The lowest BCUT2D eigenvalue weighted by atomic mass is 10.1. The van der Waals surface area contributed by atoms with Gasteiger partial charge in [0.15, 0.2) is 0 Å². The second-order valence-corrected chi connectivity index (χ2v) is 9.93. The molecule has 1 aliphatic heterocycles. The van der Waals surface area contributed by atoms with Crippen molar-refractivity contribution in [2.45, 2.75) is 38.3 Å². The van der Waals surface area contributed by atoms with Gasteiger partial charge in [-0.2, -0.15) is 5.26 Å². The van der Waals surface area contributed by atoms with Crippen LogP contribution in [0.2, 0.25) is 0 Å². The summed E-state index contributed by atoms with van der Waals surface area (Å²) in [6.07, 6.45) is 5.96. The van der Waals surface area contributed by atoms with E-state index >= 15 is 0 Å². The Hall–Kier alpha value is -3.22. The van der Waals surface area contributed by atoms with Crippen molar-refractivity contribution in [1.29, 1.82) is 5.26 Å². The molecule has 2 heterocycles. The van der Waals surface area contributed by atoms with Crippen molar-refractivity contribution < 1.29 is 9.59 Å². The van der Waals surface area contributed by atoms with E-state index in [9.17, 15) is 14.9 Å². The SMILES string of the molecule is CN(Cc1ccccc1C#N)C(=O)c1scc(C(=O)NCC2CC2)c1/N=C/N1CCC[C@@H](N)C1. The lowest BCUT2D eigenvalue weighted by Gasteiger charge is -2.28. The number of thiophene rings is 1. The van der Waals surface area contributed by atoms with Crippen molar-refractivity contribution in [3.8, 4) is 6.07 Å². The normalized spacial score (nSPS) is 18.0. The smallest absolute Gasteiger partial charge is 0.266 e. The van der Waals surface area contributed by atoms with Gasteiger partial charge in [0.05, 0.1) is 23.5 Å². The zero-order valence-corrected chi connectivity index (χ0v) is 20.2. The average Bonchev–Trinajstić information content (AvgIpc) is 3.58. The molecular weight excluding hydrogens is 448 g/mol. The predicted octanol–water partition coefficient (Wildman–Crippen LogP) is 3.11. The Bertz CT molecular complexity index is 1120. The number of nitriles is 1. The zero-order valence-electron chi connectivity index (χ0n) is 19.4. The van der Waals surface area contributed by atoms with Crippen molar-refractivity contribution in [3.63, 3.8) is 0 Å². The number of aliphatic imine (C=N–C) groups is 1. The maximum absolute atomic E-state index is 13.4. The van der Waals surface area contributed by atoms with Crippen LogP contribution in [0.4, 0.5) is 5.69 Å². The van der Waals surface area contributed by atoms with Crippen LogP contribution < -0.4 is 11.1 Å². The van der Waals surface area contributed by atoms with Crippen LogP contribution in [0.3, 0.4) is 0 Å². The molecule has 1 aliphatic carbocycles. The first-order valence-corrected chi connectivity index (χ1v) is 12.5. The standard InChI is InChI=1S/C25H30N6O2S/c1-30(13-19-6-3-2-5-18(19)11-26)25(33)23-22(29-16-31-10-4-7-20(27)14-31)21(15-34-23)24(32)28-12-17-8-9-17/h2-3,5-6,15-17,20H,4,7-10,12-14,27H2,1H3,(H,28,32)/b29-16+/t20-/m1/s1. The third kappa shape index (κ3) is 5.82. The van der Waals surface area contributed by atoms with Crippen LogP contribution in [0.1, 0.15) is 56.8 Å². The highest BCUT2D eigenvalue weighted by Crippen LogP contribution is 2.33. The summed E-state index contributed by atoms with van der Waals surface area (Å²) in [5.41, 5.74) is 8.20. The molecule has 9 heteroatoms. The maximum Gasteiger partial charge on any atom is 0.266 e. The van der Waals surface area contributed by atoms with Crippen LogP contribution in [0, 0.1) is 17.2 Å². The van der Waals surface area contributed by atoms with E-state index in [0.717, 1.165) is 37.8 Å². The Kier molecular flexibility index (Phi) is 7.60. The molecule has 1 atom stereocenters. The van der Waals surface area contributed by atoms with Gasteiger partial charge < -0.3 is 20.9 Å². The van der Waals surface area contributed by atoms with Gasteiger partial charge in [-0.15, -0.1) is 11.3 Å². The van der Waals surface area contributed by atoms with E-state index in [2.05, 4.69) is 16.4 Å². The first-order chi connectivity index (χ1) is 16.5. The van der Waals surface area contributed by atoms with Gasteiger partial charge in [0.2, 0.25) is 0 Å². The van der Waals surface area contributed by atoms with Crippen molar-refractivity contribution in [2.24, 2.45) is 16.6 Å². The Balaban J connectivity index is 1.57. The lowest BCUT2D eigenvalue weighted by molar-refractivity contribution is 0.0790. The Morgan fingerprint density at radius 2 is 2.15 bits per heavy atom. The van der Waals surface area contributed by atoms with E-state index in [1.54, 1.807) is 35.8 Å². The molecule has 2 aromatic rings. The van der Waals surface area contributed by atoms with E-state index in [-0.39, 0.29) is 24.4 Å². The monoisotopic (exact) mass is 478 g/mol. The molecule has 1 aromatic heterocycles. The van der Waals surface area contributed by atoms with Crippen molar-refractivity contribution in [2.75, 3.05) is 26.7 Å². The van der Waals surface area contributed by atoms with E-state index in [0.29, 0.717) is 40.7 Å². The molecule has 1 aromatic carbocycles. The molecule has 1 saturated heterocycles. The van der Waals surface area contributed by atoms with Crippen molar-refractivity contribution in [3.05, 3.63) is 51.2 Å². The molecule has 0 unspecified atom stereocenters. The molecule has 1 saturated carbocycles. The number of piperidine rings is 1. The third-order valence-corrected chi connectivity index (χ3v) is 7.14. The summed E-state index contributed by atoms with van der Waals surface area (Å²) in [7, 11) is 1.69. The van der Waals surface area contributed by atoms with Crippen LogP contribution in [-0.2, 0) is 6.54 Å². The topological polar surface area (TPSA) is 115 Å². The summed E-state index contributed by atoms with van der Waals surface area (Å²) >= 11 is 1.22. The molecule has 3 N–H and O–H groups in total. The van der Waals surface area contributed by atoms with Gasteiger partial charge in [-0.3, -0.25) is 9.59 Å². The van der Waals surface area contributed by atoms with Crippen molar-refractivity contribution >= 4 is 35.2 Å². The Morgan fingerprint density at radius 1 is 1.35 bits per heavy atom. The van der Waals surface area contributed by atoms with Gasteiger partial charge in [-0.25, -0.2) is 4.99 Å². The minimum Gasteiger partial charge on any atom is -0.361 e. The number of nitrogens with zero attached hydrogens (tertiary/aromatic N) is 4. The fourth-order valence-electron chi connectivity index (χ4n) is 4.00. The van der Waals surface area contributed by atoms with Crippen LogP contribution in [0.25, 0.3) is 0 Å². The van der Waals surface area contributed by atoms with E-state index < -0.39 is 0 Å². The molecule has 0 bridgehead atoms. The predicted molar refractivity (Wildman–Crippen MR) is 133 cm³/mol. The summed E-state index contributed by atoms with van der Waals surface area (Å²) in [5, 5.41) is 14.1. The molecule has 8 nitrogen and oxygen atoms in total. The number of benzene rings is 1. The fourth-order valence-corrected chi connectivity index (χ4v) is 4.98. The molecule has 2 fully saturated rings. The summed E-state index contributed by atoms with van der Waals surface area (Å²) in [4.78, 5) is 34.9. The van der Waals surface area contributed by atoms with E-state index in [1.807, 2.05) is 17.0 Å². The highest BCUT2D eigenvalue weighted by molar-refractivity contribution is 7.13. The number of amides is 2. The number of rotatable bonds is 8. The van der Waals surface area contributed by atoms with Crippen LogP contribution in [-0.4, -0.2) is 60.7 Å². The number of carbonyl (C=O) groups excluding carboxylic acids is 2. The van der Waals surface area contributed by atoms with Gasteiger partial charge in [-0.05, 0) is 43.2 Å². The number of carbonyl (C=O) groups is 2. The molecule has 0 radical (unpaired) electrons. The molecular formula is C25H30N6O2S. The highest BCUT2D eigenvalue weighted by atomic mass is 32.1. The molecule has 0 spiro atoms. The number of hydrogen-bond acceptors (Lipinski definition) is 6. The Morgan fingerprint density at radius 3 is 2.88 bits per heavy atom. The number of hydrogen-bond donors (Lipinski definition) is 2. The number of nitrogens with two attached hydrogens (primary N) is 1. The number of likely N-dealkylation sites (tertiary alicyclic amines) is 1. The van der Waals surface area contributed by atoms with Crippen molar-refractivity contribution in [1.82, 2.24) is 15.1 Å². The molecule has 34 heavy (non-hydrogen) atoms. The maximum atomic E-state index is 13.4. The largest absolute Gasteiger partial charge is 0.361 e. The van der Waals surface area contributed by atoms with E-state index in [4.69, 9.17) is 5.73 Å².